The van der Waals surface area contributed by atoms with E-state index < -0.39 is 22.5 Å². The number of hydrogen-bond acceptors (Lipinski definition) is 5. The van der Waals surface area contributed by atoms with E-state index in [2.05, 4.69) is 10.6 Å². The molecule has 3 aromatic rings. The molecular formula is C27H31N3O5S. The number of aryl methyl sites for hydroxylation is 2. The van der Waals surface area contributed by atoms with E-state index >= 15 is 0 Å². The monoisotopic (exact) mass is 509 g/mol. The smallest absolute Gasteiger partial charge is 0.264 e. The quantitative estimate of drug-likeness (QED) is 0.382. The van der Waals surface area contributed by atoms with Crippen molar-refractivity contribution in [3.63, 3.8) is 0 Å². The number of sulfonamides is 1. The maximum atomic E-state index is 13.6. The lowest BCUT2D eigenvalue weighted by molar-refractivity contribution is -0.114. The Kier molecular flexibility index (Phi) is 9.21. The molecule has 0 aliphatic carbocycles. The van der Waals surface area contributed by atoms with E-state index in [1.54, 1.807) is 68.6 Å². The van der Waals surface area contributed by atoms with Crippen LogP contribution in [0, 0.1) is 13.8 Å². The maximum absolute atomic E-state index is 13.6. The standard InChI is InChI=1S/C27H31N3O5S/c1-20-14-15-25(21(2)18-20)30(36(33,34)22-10-5-4-6-11-22)19-26(31)29-24-13-8-7-12-23(24)27(32)28-16-9-17-35-3/h4-8,10-15,18H,9,16-17,19H2,1-3H3,(H,28,32)(H,29,31). The minimum Gasteiger partial charge on any atom is -0.385 e. The molecule has 0 saturated carbocycles. The third-order valence-electron chi connectivity index (χ3n) is 5.50. The molecule has 0 heterocycles. The molecule has 36 heavy (non-hydrogen) atoms. The molecule has 0 fully saturated rings. The lowest BCUT2D eigenvalue weighted by Gasteiger charge is -2.26. The Hall–Kier alpha value is -3.69. The van der Waals surface area contributed by atoms with Gasteiger partial charge in [-0.25, -0.2) is 8.42 Å². The van der Waals surface area contributed by atoms with Gasteiger partial charge in [-0.3, -0.25) is 13.9 Å². The largest absolute Gasteiger partial charge is 0.385 e. The van der Waals surface area contributed by atoms with Gasteiger partial charge in [-0.15, -0.1) is 0 Å². The van der Waals surface area contributed by atoms with Gasteiger partial charge >= 0.3 is 0 Å². The summed E-state index contributed by atoms with van der Waals surface area (Å²) in [6, 6.07) is 19.9. The van der Waals surface area contributed by atoms with Gasteiger partial charge in [0.1, 0.15) is 6.54 Å². The predicted molar refractivity (Wildman–Crippen MR) is 141 cm³/mol. The van der Waals surface area contributed by atoms with Gasteiger partial charge in [-0.05, 0) is 56.2 Å². The average molecular weight is 510 g/mol. The van der Waals surface area contributed by atoms with E-state index in [-0.39, 0.29) is 16.4 Å². The molecule has 3 rings (SSSR count). The molecule has 0 unspecified atom stereocenters. The summed E-state index contributed by atoms with van der Waals surface area (Å²) < 4.78 is 33.2. The lowest BCUT2D eigenvalue weighted by atomic mass is 10.1. The Morgan fingerprint density at radius 3 is 2.33 bits per heavy atom. The number of hydrogen-bond donors (Lipinski definition) is 2. The number of nitrogens with one attached hydrogen (secondary N) is 2. The molecule has 190 valence electrons. The summed E-state index contributed by atoms with van der Waals surface area (Å²) in [4.78, 5) is 25.9. The molecule has 0 bridgehead atoms. The van der Waals surface area contributed by atoms with Crippen LogP contribution in [0.5, 0.6) is 0 Å². The van der Waals surface area contributed by atoms with E-state index in [9.17, 15) is 18.0 Å². The molecule has 0 atom stereocenters. The molecule has 0 spiro atoms. The Morgan fingerprint density at radius 2 is 1.64 bits per heavy atom. The maximum Gasteiger partial charge on any atom is 0.264 e. The van der Waals surface area contributed by atoms with Gasteiger partial charge in [0.2, 0.25) is 5.91 Å². The fraction of sp³-hybridized carbons (Fsp3) is 0.259. The fourth-order valence-electron chi connectivity index (χ4n) is 3.73. The van der Waals surface area contributed by atoms with Crippen LogP contribution in [0.4, 0.5) is 11.4 Å². The van der Waals surface area contributed by atoms with E-state index in [1.165, 1.54) is 12.1 Å². The Labute approximate surface area is 212 Å². The summed E-state index contributed by atoms with van der Waals surface area (Å²) in [5.41, 5.74) is 2.68. The number of anilines is 2. The first kappa shape index (κ1) is 26.9. The first-order chi connectivity index (χ1) is 17.2. The highest BCUT2D eigenvalue weighted by Crippen LogP contribution is 2.28. The Balaban J connectivity index is 1.87. The van der Waals surface area contributed by atoms with Crippen molar-refractivity contribution in [2.75, 3.05) is 36.4 Å². The predicted octanol–water partition coefficient (Wildman–Crippen LogP) is 3.90. The van der Waals surface area contributed by atoms with Crippen molar-refractivity contribution < 1.29 is 22.7 Å². The number of nitrogens with zero attached hydrogens (tertiary/aromatic N) is 1. The van der Waals surface area contributed by atoms with Crippen molar-refractivity contribution in [2.24, 2.45) is 0 Å². The van der Waals surface area contributed by atoms with Crippen LogP contribution in [0.25, 0.3) is 0 Å². The molecule has 0 radical (unpaired) electrons. The van der Waals surface area contributed by atoms with Crippen LogP contribution in [0.15, 0.2) is 77.7 Å². The first-order valence-electron chi connectivity index (χ1n) is 11.5. The summed E-state index contributed by atoms with van der Waals surface area (Å²) in [5.74, 6) is -0.917. The molecule has 0 aliphatic rings. The minimum atomic E-state index is -4.04. The summed E-state index contributed by atoms with van der Waals surface area (Å²) in [6.45, 7) is 4.19. The molecule has 0 aromatic heterocycles. The molecule has 2 amide bonds. The van der Waals surface area contributed by atoms with Crippen molar-refractivity contribution in [1.29, 1.82) is 0 Å². The highest BCUT2D eigenvalue weighted by Gasteiger charge is 2.28. The molecule has 3 aromatic carbocycles. The van der Waals surface area contributed by atoms with Gasteiger partial charge in [0, 0.05) is 20.3 Å². The molecule has 0 saturated heterocycles. The zero-order valence-electron chi connectivity index (χ0n) is 20.7. The number of para-hydroxylation sites is 1. The van der Waals surface area contributed by atoms with Crippen molar-refractivity contribution in [3.8, 4) is 0 Å². The second kappa shape index (κ2) is 12.3. The normalized spacial score (nSPS) is 11.1. The number of amides is 2. The van der Waals surface area contributed by atoms with E-state index in [0.29, 0.717) is 30.9 Å². The van der Waals surface area contributed by atoms with Crippen molar-refractivity contribution >= 4 is 33.2 Å². The highest BCUT2D eigenvalue weighted by molar-refractivity contribution is 7.92. The average Bonchev–Trinajstić information content (AvgIpc) is 2.86. The zero-order chi connectivity index (χ0) is 26.1. The number of benzene rings is 3. The minimum absolute atomic E-state index is 0.0774. The van der Waals surface area contributed by atoms with Crippen LogP contribution in [0.2, 0.25) is 0 Å². The van der Waals surface area contributed by atoms with Crippen LogP contribution in [-0.4, -0.2) is 47.0 Å². The second-order valence-corrected chi connectivity index (χ2v) is 10.2. The molecule has 8 nitrogen and oxygen atoms in total. The highest BCUT2D eigenvalue weighted by atomic mass is 32.2. The van der Waals surface area contributed by atoms with Crippen LogP contribution < -0.4 is 14.9 Å². The number of ether oxygens (including phenoxy) is 1. The van der Waals surface area contributed by atoms with Crippen LogP contribution in [0.1, 0.15) is 27.9 Å². The topological polar surface area (TPSA) is 105 Å². The number of carbonyl (C=O) groups is 2. The van der Waals surface area contributed by atoms with E-state index in [0.717, 1.165) is 15.4 Å². The van der Waals surface area contributed by atoms with Gasteiger partial charge < -0.3 is 15.4 Å². The lowest BCUT2D eigenvalue weighted by Crippen LogP contribution is -2.39. The molecule has 2 N–H and O–H groups in total. The molecule has 0 aliphatic heterocycles. The Bertz CT molecular complexity index is 1310. The number of methoxy groups -OCH3 is 1. The van der Waals surface area contributed by atoms with Crippen LogP contribution >= 0.6 is 0 Å². The Morgan fingerprint density at radius 1 is 0.944 bits per heavy atom. The molecule has 9 heteroatoms. The van der Waals surface area contributed by atoms with Crippen molar-refractivity contribution in [1.82, 2.24) is 5.32 Å². The van der Waals surface area contributed by atoms with Crippen molar-refractivity contribution in [3.05, 3.63) is 89.5 Å². The van der Waals surface area contributed by atoms with Crippen LogP contribution in [0.3, 0.4) is 0 Å². The summed E-state index contributed by atoms with van der Waals surface area (Å²) in [5, 5.41) is 5.51. The third-order valence-corrected chi connectivity index (χ3v) is 7.27. The van der Waals surface area contributed by atoms with Gasteiger partial charge in [0.15, 0.2) is 0 Å². The second-order valence-electron chi connectivity index (χ2n) is 8.31. The molecular weight excluding hydrogens is 478 g/mol. The third kappa shape index (κ3) is 6.71. The summed E-state index contributed by atoms with van der Waals surface area (Å²) >= 11 is 0. The van der Waals surface area contributed by atoms with E-state index in [1.807, 2.05) is 13.0 Å². The first-order valence-corrected chi connectivity index (χ1v) is 13.0. The van der Waals surface area contributed by atoms with Gasteiger partial charge in [-0.2, -0.15) is 0 Å². The summed E-state index contributed by atoms with van der Waals surface area (Å²) in [6.07, 6.45) is 0.652. The SMILES string of the molecule is COCCCNC(=O)c1ccccc1NC(=O)CN(c1ccc(C)cc1C)S(=O)(=O)c1ccccc1. The number of rotatable bonds is 11. The zero-order valence-corrected chi connectivity index (χ0v) is 21.5. The summed E-state index contributed by atoms with van der Waals surface area (Å²) in [7, 11) is -2.45. The fourth-order valence-corrected chi connectivity index (χ4v) is 5.24. The van der Waals surface area contributed by atoms with Crippen LogP contribution in [-0.2, 0) is 19.6 Å². The van der Waals surface area contributed by atoms with Gasteiger partial charge in [0.25, 0.3) is 15.9 Å². The number of carbonyl (C=O) groups excluding carboxylic acids is 2. The van der Waals surface area contributed by atoms with Gasteiger partial charge in [-0.1, -0.05) is 48.0 Å². The van der Waals surface area contributed by atoms with Gasteiger partial charge in [0.05, 0.1) is 21.8 Å². The van der Waals surface area contributed by atoms with Crippen molar-refractivity contribution in [2.45, 2.75) is 25.2 Å². The van der Waals surface area contributed by atoms with E-state index in [4.69, 9.17) is 4.74 Å².